The maximum Gasteiger partial charge on any atom is 0.251 e. The third-order valence-corrected chi connectivity index (χ3v) is 3.65. The molecule has 25 heavy (non-hydrogen) atoms. The summed E-state index contributed by atoms with van der Waals surface area (Å²) in [5.74, 6) is 0.453. The molecule has 2 rings (SSSR count). The van der Waals surface area contributed by atoms with E-state index < -0.39 is 5.41 Å². The van der Waals surface area contributed by atoms with Crippen LogP contribution in [0.25, 0.3) is 0 Å². The lowest BCUT2D eigenvalue weighted by Crippen LogP contribution is -2.28. The number of carbonyl (C=O) groups is 2. The minimum absolute atomic E-state index is 0.0959. The van der Waals surface area contributed by atoms with Crippen LogP contribution in [-0.4, -0.2) is 18.9 Å². The average Bonchev–Trinajstić information content (AvgIpc) is 2.59. The predicted molar refractivity (Wildman–Crippen MR) is 98.7 cm³/mol. The number of benzene rings is 2. The molecule has 0 spiro atoms. The quantitative estimate of drug-likeness (QED) is 0.874. The zero-order valence-electron chi connectivity index (χ0n) is 15.1. The second kappa shape index (κ2) is 7.83. The number of anilines is 1. The van der Waals surface area contributed by atoms with E-state index in [1.54, 1.807) is 31.4 Å². The second-order valence-electron chi connectivity index (χ2n) is 6.82. The van der Waals surface area contributed by atoms with Crippen molar-refractivity contribution in [3.63, 3.8) is 0 Å². The summed E-state index contributed by atoms with van der Waals surface area (Å²) < 4.78 is 5.17. The van der Waals surface area contributed by atoms with Gasteiger partial charge >= 0.3 is 0 Å². The summed E-state index contributed by atoms with van der Waals surface area (Å²) >= 11 is 0. The minimum atomic E-state index is -0.495. The van der Waals surface area contributed by atoms with Crippen molar-refractivity contribution in [2.75, 3.05) is 12.4 Å². The largest absolute Gasteiger partial charge is 0.497 e. The number of carbonyl (C=O) groups excluding carboxylic acids is 2. The van der Waals surface area contributed by atoms with Gasteiger partial charge in [-0.05, 0) is 35.9 Å². The fourth-order valence-corrected chi connectivity index (χ4v) is 2.12. The molecule has 0 saturated heterocycles. The van der Waals surface area contributed by atoms with Crippen molar-refractivity contribution >= 4 is 17.5 Å². The van der Waals surface area contributed by atoms with E-state index in [1.165, 1.54) is 0 Å². The number of rotatable bonds is 5. The highest BCUT2D eigenvalue weighted by Crippen LogP contribution is 2.18. The van der Waals surface area contributed by atoms with Crippen LogP contribution < -0.4 is 15.4 Å². The normalized spacial score (nSPS) is 10.9. The summed E-state index contributed by atoms with van der Waals surface area (Å²) in [7, 11) is 1.61. The Morgan fingerprint density at radius 2 is 1.76 bits per heavy atom. The molecule has 0 aliphatic heterocycles. The molecule has 0 atom stereocenters. The van der Waals surface area contributed by atoms with Gasteiger partial charge in [-0.2, -0.15) is 0 Å². The maximum atomic E-state index is 12.4. The van der Waals surface area contributed by atoms with Crippen molar-refractivity contribution in [2.24, 2.45) is 5.41 Å². The Labute approximate surface area is 148 Å². The Morgan fingerprint density at radius 1 is 1.04 bits per heavy atom. The molecule has 5 nitrogen and oxygen atoms in total. The van der Waals surface area contributed by atoms with Gasteiger partial charge in [-0.15, -0.1) is 0 Å². The molecule has 0 radical (unpaired) electrons. The van der Waals surface area contributed by atoms with Crippen molar-refractivity contribution in [2.45, 2.75) is 27.3 Å². The van der Waals surface area contributed by atoms with Crippen LogP contribution in [-0.2, 0) is 11.3 Å². The first-order valence-electron chi connectivity index (χ1n) is 8.12. The van der Waals surface area contributed by atoms with Crippen LogP contribution in [0.4, 0.5) is 5.69 Å². The second-order valence-corrected chi connectivity index (χ2v) is 6.82. The van der Waals surface area contributed by atoms with Gasteiger partial charge in [-0.1, -0.05) is 39.0 Å². The number of methoxy groups -OCH3 is 1. The number of hydrogen-bond acceptors (Lipinski definition) is 3. The van der Waals surface area contributed by atoms with Crippen LogP contribution in [0.5, 0.6) is 5.75 Å². The molecule has 2 amide bonds. The molecular weight excluding hydrogens is 316 g/mol. The van der Waals surface area contributed by atoms with Crippen LogP contribution in [0.15, 0.2) is 48.5 Å². The molecule has 0 heterocycles. The van der Waals surface area contributed by atoms with Crippen molar-refractivity contribution in [3.05, 3.63) is 59.7 Å². The van der Waals surface area contributed by atoms with Crippen LogP contribution in [0.1, 0.15) is 36.7 Å². The Balaban J connectivity index is 2.02. The molecule has 0 aromatic heterocycles. The van der Waals surface area contributed by atoms with Gasteiger partial charge in [-0.3, -0.25) is 9.59 Å². The van der Waals surface area contributed by atoms with Gasteiger partial charge in [0.05, 0.1) is 7.11 Å². The Kier molecular flexibility index (Phi) is 5.80. The van der Waals surface area contributed by atoms with Crippen LogP contribution >= 0.6 is 0 Å². The Bertz CT molecular complexity index is 764. The van der Waals surface area contributed by atoms with Crippen molar-refractivity contribution < 1.29 is 14.3 Å². The maximum absolute atomic E-state index is 12.4. The molecule has 0 unspecified atom stereocenters. The van der Waals surface area contributed by atoms with E-state index in [1.807, 2.05) is 45.0 Å². The fourth-order valence-electron chi connectivity index (χ4n) is 2.12. The van der Waals surface area contributed by atoms with Crippen LogP contribution in [0.2, 0.25) is 0 Å². The lowest BCUT2D eigenvalue weighted by Gasteiger charge is -2.18. The summed E-state index contributed by atoms with van der Waals surface area (Å²) in [5, 5.41) is 5.70. The molecule has 132 valence electrons. The van der Waals surface area contributed by atoms with Gasteiger partial charge in [0.1, 0.15) is 5.75 Å². The van der Waals surface area contributed by atoms with E-state index in [9.17, 15) is 9.59 Å². The van der Waals surface area contributed by atoms with E-state index in [0.29, 0.717) is 17.8 Å². The molecule has 2 N–H and O–H groups in total. The molecule has 2 aromatic carbocycles. The van der Waals surface area contributed by atoms with Crippen LogP contribution in [0.3, 0.4) is 0 Å². The molecule has 5 heteroatoms. The highest BCUT2D eigenvalue weighted by atomic mass is 16.5. The molecule has 0 aliphatic carbocycles. The molecule has 0 saturated carbocycles. The van der Waals surface area contributed by atoms with Crippen molar-refractivity contribution in [3.8, 4) is 5.75 Å². The van der Waals surface area contributed by atoms with Crippen molar-refractivity contribution in [1.29, 1.82) is 0 Å². The fraction of sp³-hybridized carbons (Fsp3) is 0.300. The summed E-state index contributed by atoms with van der Waals surface area (Å²) in [5.41, 5.74) is 1.55. The first kappa shape index (κ1) is 18.5. The van der Waals surface area contributed by atoms with Gasteiger partial charge in [0, 0.05) is 23.2 Å². The predicted octanol–water partition coefficient (Wildman–Crippen LogP) is 3.61. The number of hydrogen-bond donors (Lipinski definition) is 2. The average molecular weight is 340 g/mol. The molecule has 0 aliphatic rings. The van der Waals surface area contributed by atoms with E-state index in [2.05, 4.69) is 10.6 Å². The highest BCUT2D eigenvalue weighted by molar-refractivity contribution is 5.98. The molecule has 0 bridgehead atoms. The van der Waals surface area contributed by atoms with E-state index in [4.69, 9.17) is 4.74 Å². The van der Waals surface area contributed by atoms with Gasteiger partial charge < -0.3 is 15.4 Å². The summed E-state index contributed by atoms with van der Waals surface area (Å²) in [6, 6.07) is 14.4. The van der Waals surface area contributed by atoms with Crippen LogP contribution in [0, 0.1) is 5.41 Å². The number of ether oxygens (including phenoxy) is 1. The zero-order valence-corrected chi connectivity index (χ0v) is 15.1. The summed E-state index contributed by atoms with van der Waals surface area (Å²) in [6.07, 6.45) is 0. The smallest absolute Gasteiger partial charge is 0.251 e. The van der Waals surface area contributed by atoms with Crippen molar-refractivity contribution in [1.82, 2.24) is 5.32 Å². The highest BCUT2D eigenvalue weighted by Gasteiger charge is 2.21. The third kappa shape index (κ3) is 5.35. The Morgan fingerprint density at radius 3 is 2.44 bits per heavy atom. The SMILES string of the molecule is COc1cccc(CNC(=O)c2cccc(NC(=O)C(C)(C)C)c2)c1. The molecular formula is C20H24N2O3. The van der Waals surface area contributed by atoms with Gasteiger partial charge in [-0.25, -0.2) is 0 Å². The lowest BCUT2D eigenvalue weighted by atomic mass is 9.95. The molecule has 0 fully saturated rings. The summed E-state index contributed by atoms with van der Waals surface area (Å²) in [4.78, 5) is 24.4. The first-order valence-corrected chi connectivity index (χ1v) is 8.12. The topological polar surface area (TPSA) is 67.4 Å². The number of amides is 2. The zero-order chi connectivity index (χ0) is 18.4. The van der Waals surface area contributed by atoms with E-state index in [-0.39, 0.29) is 11.8 Å². The van der Waals surface area contributed by atoms with Gasteiger partial charge in [0.15, 0.2) is 0 Å². The lowest BCUT2D eigenvalue weighted by molar-refractivity contribution is -0.123. The number of nitrogens with one attached hydrogen (secondary N) is 2. The monoisotopic (exact) mass is 340 g/mol. The van der Waals surface area contributed by atoms with E-state index in [0.717, 1.165) is 11.3 Å². The van der Waals surface area contributed by atoms with Gasteiger partial charge in [0.25, 0.3) is 5.91 Å². The standard InChI is InChI=1S/C20H24N2O3/c1-20(2,3)19(24)22-16-9-6-8-15(12-16)18(23)21-13-14-7-5-10-17(11-14)25-4/h5-12H,13H2,1-4H3,(H,21,23)(H,22,24). The first-order chi connectivity index (χ1) is 11.8. The van der Waals surface area contributed by atoms with Gasteiger partial charge in [0.2, 0.25) is 5.91 Å². The van der Waals surface area contributed by atoms with E-state index >= 15 is 0 Å². The minimum Gasteiger partial charge on any atom is -0.497 e. The molecule has 2 aromatic rings. The summed E-state index contributed by atoms with van der Waals surface area (Å²) in [6.45, 7) is 5.92. The third-order valence-electron chi connectivity index (χ3n) is 3.65. The Hall–Kier alpha value is -2.82.